The third-order valence-corrected chi connectivity index (χ3v) is 4.02. The van der Waals surface area contributed by atoms with E-state index >= 15 is 0 Å². The molecule has 0 bridgehead atoms. The van der Waals surface area contributed by atoms with Gasteiger partial charge in [0.25, 0.3) is 0 Å². The largest absolute Gasteiger partial charge is 0.349 e. The number of rotatable bonds is 4. The van der Waals surface area contributed by atoms with Gasteiger partial charge in [-0.05, 0) is 18.6 Å². The molecule has 0 radical (unpaired) electrons. The van der Waals surface area contributed by atoms with Crippen molar-refractivity contribution in [3.63, 3.8) is 0 Å². The highest BCUT2D eigenvalue weighted by Gasteiger charge is 2.26. The Morgan fingerprint density at radius 1 is 0.800 bits per heavy atom. The molecule has 1 fully saturated rings. The van der Waals surface area contributed by atoms with Gasteiger partial charge in [-0.1, -0.05) is 0 Å². The molecule has 10 heteroatoms. The highest BCUT2D eigenvalue weighted by atomic mass is 16.6. The first-order chi connectivity index (χ1) is 12.1. The first-order valence-electron chi connectivity index (χ1n) is 7.76. The summed E-state index contributed by atoms with van der Waals surface area (Å²) < 4.78 is 0. The van der Waals surface area contributed by atoms with E-state index < -0.39 is 9.85 Å². The molecule has 0 N–H and O–H groups in total. The molecule has 0 aromatic carbocycles. The highest BCUT2D eigenvalue weighted by Crippen LogP contribution is 2.29. The average molecular weight is 344 g/mol. The van der Waals surface area contributed by atoms with E-state index in [4.69, 9.17) is 0 Å². The molecule has 0 spiro atoms. The van der Waals surface area contributed by atoms with Crippen LogP contribution in [0.5, 0.6) is 0 Å². The fourth-order valence-electron chi connectivity index (χ4n) is 2.89. The van der Waals surface area contributed by atoms with Crippen LogP contribution in [0.3, 0.4) is 0 Å². The molecule has 10 nitrogen and oxygen atoms in total. The van der Waals surface area contributed by atoms with Gasteiger partial charge in [0, 0.05) is 50.7 Å². The van der Waals surface area contributed by atoms with Gasteiger partial charge in [0.1, 0.15) is 0 Å². The van der Waals surface area contributed by atoms with E-state index in [0.29, 0.717) is 44.2 Å². The van der Waals surface area contributed by atoms with Crippen LogP contribution in [0.1, 0.15) is 6.42 Å². The average Bonchev–Trinajstić information content (AvgIpc) is 2.87. The molecule has 0 amide bonds. The Balaban J connectivity index is 1.82. The standard InChI is InChI=1S/C15H16N6O4/c22-20(23)12-4-1-6-16-14(12)18-8-3-9-19(11-10-18)15-13(21(24)25)5-2-7-17-15/h1-2,4-7H,3,8-11H2. The van der Waals surface area contributed by atoms with Gasteiger partial charge < -0.3 is 9.80 Å². The number of pyridine rings is 2. The summed E-state index contributed by atoms with van der Waals surface area (Å²) in [6.45, 7) is 2.08. The Labute approximate surface area is 143 Å². The van der Waals surface area contributed by atoms with Gasteiger partial charge in [-0.15, -0.1) is 0 Å². The van der Waals surface area contributed by atoms with E-state index in [2.05, 4.69) is 9.97 Å². The summed E-state index contributed by atoms with van der Waals surface area (Å²) in [4.78, 5) is 33.5. The lowest BCUT2D eigenvalue weighted by molar-refractivity contribution is -0.384. The Kier molecular flexibility index (Phi) is 4.68. The van der Waals surface area contributed by atoms with E-state index in [1.807, 2.05) is 9.80 Å². The molecule has 0 saturated carbocycles. The number of nitrogens with zero attached hydrogens (tertiary/aromatic N) is 6. The zero-order valence-corrected chi connectivity index (χ0v) is 13.3. The second-order valence-electron chi connectivity index (χ2n) is 5.53. The Morgan fingerprint density at radius 2 is 1.24 bits per heavy atom. The Morgan fingerprint density at radius 3 is 1.64 bits per heavy atom. The third-order valence-electron chi connectivity index (χ3n) is 4.02. The number of hydrogen-bond acceptors (Lipinski definition) is 8. The quantitative estimate of drug-likeness (QED) is 0.610. The van der Waals surface area contributed by atoms with Gasteiger partial charge in [-0.3, -0.25) is 20.2 Å². The predicted octanol–water partition coefficient (Wildman–Crippen LogP) is 2.01. The van der Waals surface area contributed by atoms with E-state index in [1.165, 1.54) is 36.7 Å². The summed E-state index contributed by atoms with van der Waals surface area (Å²) in [6.07, 6.45) is 3.73. The van der Waals surface area contributed by atoms with Gasteiger partial charge in [0.15, 0.2) is 0 Å². The smallest absolute Gasteiger partial charge is 0.311 e. The fourth-order valence-corrected chi connectivity index (χ4v) is 2.89. The molecular formula is C15H16N6O4. The van der Waals surface area contributed by atoms with Crippen molar-refractivity contribution in [3.8, 4) is 0 Å². The van der Waals surface area contributed by atoms with Gasteiger partial charge in [-0.2, -0.15) is 0 Å². The van der Waals surface area contributed by atoms with Crippen LogP contribution < -0.4 is 9.80 Å². The van der Waals surface area contributed by atoms with Crippen molar-refractivity contribution >= 4 is 23.0 Å². The molecule has 0 atom stereocenters. The van der Waals surface area contributed by atoms with Crippen LogP contribution in [0.2, 0.25) is 0 Å². The van der Waals surface area contributed by atoms with Crippen molar-refractivity contribution in [1.29, 1.82) is 0 Å². The van der Waals surface area contributed by atoms with Crippen LogP contribution in [-0.4, -0.2) is 46.0 Å². The minimum Gasteiger partial charge on any atom is -0.349 e. The van der Waals surface area contributed by atoms with Crippen LogP contribution in [0, 0.1) is 20.2 Å². The molecule has 1 aliphatic heterocycles. The summed E-state index contributed by atoms with van der Waals surface area (Å²) >= 11 is 0. The predicted molar refractivity (Wildman–Crippen MR) is 90.8 cm³/mol. The van der Waals surface area contributed by atoms with Crippen molar-refractivity contribution < 1.29 is 9.85 Å². The van der Waals surface area contributed by atoms with Gasteiger partial charge in [0.05, 0.1) is 9.85 Å². The van der Waals surface area contributed by atoms with Crippen molar-refractivity contribution in [3.05, 3.63) is 56.9 Å². The molecular weight excluding hydrogens is 328 g/mol. The lowest BCUT2D eigenvalue weighted by Crippen LogP contribution is -2.32. The van der Waals surface area contributed by atoms with Crippen molar-refractivity contribution in [2.45, 2.75) is 6.42 Å². The highest BCUT2D eigenvalue weighted by molar-refractivity contribution is 5.60. The number of aromatic nitrogens is 2. The SMILES string of the molecule is O=[N+]([O-])c1cccnc1N1CCCN(c2ncccc2[N+](=O)[O-])CC1. The van der Waals surface area contributed by atoms with Crippen LogP contribution in [0.4, 0.5) is 23.0 Å². The van der Waals surface area contributed by atoms with Gasteiger partial charge in [-0.25, -0.2) is 9.97 Å². The molecule has 3 heterocycles. The molecule has 3 rings (SSSR count). The number of hydrogen-bond donors (Lipinski definition) is 0. The summed E-state index contributed by atoms with van der Waals surface area (Å²) in [5.74, 6) is 0.648. The van der Waals surface area contributed by atoms with Crippen LogP contribution in [0.15, 0.2) is 36.7 Å². The van der Waals surface area contributed by atoms with Crippen LogP contribution in [0.25, 0.3) is 0 Å². The summed E-state index contributed by atoms with van der Waals surface area (Å²) in [6, 6.07) is 5.91. The fraction of sp³-hybridized carbons (Fsp3) is 0.333. The number of anilines is 2. The van der Waals surface area contributed by atoms with Gasteiger partial charge in [0.2, 0.25) is 11.6 Å². The van der Waals surface area contributed by atoms with Crippen molar-refractivity contribution in [2.24, 2.45) is 0 Å². The second-order valence-corrected chi connectivity index (χ2v) is 5.53. The molecule has 0 unspecified atom stereocenters. The lowest BCUT2D eigenvalue weighted by atomic mass is 10.3. The Bertz CT molecular complexity index is 734. The minimum atomic E-state index is -0.450. The van der Waals surface area contributed by atoms with E-state index in [0.717, 1.165) is 0 Å². The maximum Gasteiger partial charge on any atom is 0.311 e. The van der Waals surface area contributed by atoms with Gasteiger partial charge >= 0.3 is 11.4 Å². The van der Waals surface area contributed by atoms with Crippen LogP contribution in [-0.2, 0) is 0 Å². The normalized spacial score (nSPS) is 14.9. The first-order valence-corrected chi connectivity index (χ1v) is 7.76. The monoisotopic (exact) mass is 344 g/mol. The molecule has 1 aliphatic rings. The lowest BCUT2D eigenvalue weighted by Gasteiger charge is -2.22. The zero-order valence-electron chi connectivity index (χ0n) is 13.3. The van der Waals surface area contributed by atoms with E-state index in [9.17, 15) is 20.2 Å². The molecule has 2 aromatic heterocycles. The van der Waals surface area contributed by atoms with Crippen molar-refractivity contribution in [1.82, 2.24) is 9.97 Å². The second kappa shape index (κ2) is 7.07. The summed E-state index contributed by atoms with van der Waals surface area (Å²) in [5.41, 5.74) is -0.0838. The molecule has 2 aromatic rings. The van der Waals surface area contributed by atoms with Crippen LogP contribution >= 0.6 is 0 Å². The minimum absolute atomic E-state index is 0.0419. The maximum atomic E-state index is 11.2. The first kappa shape index (κ1) is 16.6. The molecule has 1 saturated heterocycles. The van der Waals surface area contributed by atoms with E-state index in [-0.39, 0.29) is 11.4 Å². The van der Waals surface area contributed by atoms with Crippen molar-refractivity contribution in [2.75, 3.05) is 36.0 Å². The molecule has 25 heavy (non-hydrogen) atoms. The summed E-state index contributed by atoms with van der Waals surface area (Å²) in [7, 11) is 0. The Hall–Kier alpha value is -3.30. The summed E-state index contributed by atoms with van der Waals surface area (Å²) in [5, 5.41) is 22.4. The third kappa shape index (κ3) is 3.47. The van der Waals surface area contributed by atoms with E-state index in [1.54, 1.807) is 0 Å². The molecule has 0 aliphatic carbocycles. The maximum absolute atomic E-state index is 11.2. The zero-order chi connectivity index (χ0) is 17.8. The topological polar surface area (TPSA) is 119 Å². The number of nitro groups is 2. The molecule has 130 valence electrons.